The summed E-state index contributed by atoms with van der Waals surface area (Å²) < 4.78 is 5.42. The molecule has 0 unspecified atom stereocenters. The van der Waals surface area contributed by atoms with Crippen molar-refractivity contribution in [3.8, 4) is 5.69 Å². The van der Waals surface area contributed by atoms with Gasteiger partial charge in [0.05, 0.1) is 11.2 Å². The second-order valence-electron chi connectivity index (χ2n) is 28.1. The van der Waals surface area contributed by atoms with Crippen LogP contribution in [0.3, 0.4) is 0 Å². The van der Waals surface area contributed by atoms with Crippen molar-refractivity contribution in [3.63, 3.8) is 0 Å². The molecule has 4 aliphatic carbocycles. The Bertz CT molecular complexity index is 3750. The Labute approximate surface area is 451 Å². The molecular formula is C70H74BN3S. The van der Waals surface area contributed by atoms with E-state index < -0.39 is 0 Å². The topological polar surface area (TPSA) is 11.4 Å². The lowest BCUT2D eigenvalue weighted by Gasteiger charge is -2.57. The zero-order valence-corrected chi connectivity index (χ0v) is 47.4. The normalized spacial score (nSPS) is 21.1. The van der Waals surface area contributed by atoms with E-state index in [0.29, 0.717) is 0 Å². The summed E-state index contributed by atoms with van der Waals surface area (Å²) in [5, 5.41) is 4.03. The molecule has 378 valence electrons. The molecule has 0 amide bonds. The highest BCUT2D eigenvalue weighted by Crippen LogP contribution is 2.62. The summed E-state index contributed by atoms with van der Waals surface area (Å²) in [6.07, 6.45) is 8.20. The molecule has 3 nitrogen and oxygen atoms in total. The van der Waals surface area contributed by atoms with Crippen LogP contribution in [0, 0.1) is 17.8 Å². The molecule has 0 atom stereocenters. The first-order valence-corrected chi connectivity index (χ1v) is 29.2. The summed E-state index contributed by atoms with van der Waals surface area (Å²) in [5.41, 5.74) is 21.6. The fourth-order valence-corrected chi connectivity index (χ4v) is 16.7. The Hall–Kier alpha value is -6.04. The third-order valence-electron chi connectivity index (χ3n) is 19.0. The van der Waals surface area contributed by atoms with Crippen molar-refractivity contribution < 1.29 is 0 Å². The maximum atomic E-state index is 2.78. The Morgan fingerprint density at radius 2 is 0.973 bits per heavy atom. The minimum absolute atomic E-state index is 0.0181. The minimum atomic E-state index is -0.0676. The number of rotatable bonds is 4. The van der Waals surface area contributed by atoms with E-state index in [4.69, 9.17) is 0 Å². The summed E-state index contributed by atoms with van der Waals surface area (Å²) >= 11 is 1.97. The standard InChI is InChI=1S/C70H74BN3S/c1-66(2,3)45-17-24-50(25-18-45)72-56-31-23-48(69(10,11)12)36-55(56)71-62-58(72)37-49(70-39-42-33-43(40-70)35-44(34-42)41-70)38-59(62)73(51-26-19-46(20-27-51)67(4,5)6)63-61-57(32-30-54-53-15-13-14-16-60(53)75-64(54)61)74(65(63)71)52-28-21-47(22-29-52)68(7,8)9/h13-32,36-38,42-44H,33-35,39-41H2,1-12H3. The summed E-state index contributed by atoms with van der Waals surface area (Å²) in [6.45, 7) is 28.2. The minimum Gasteiger partial charge on any atom is -0.319 e. The molecular weight excluding hydrogens is 926 g/mol. The van der Waals surface area contributed by atoms with Gasteiger partial charge in [-0.05, 0) is 189 Å². The maximum Gasteiger partial charge on any atom is 0.273 e. The van der Waals surface area contributed by atoms with Gasteiger partial charge in [0.2, 0.25) is 0 Å². The van der Waals surface area contributed by atoms with Crippen molar-refractivity contribution in [2.24, 2.45) is 17.8 Å². The first-order chi connectivity index (χ1) is 35.6. The van der Waals surface area contributed by atoms with Gasteiger partial charge in [-0.2, -0.15) is 0 Å². The van der Waals surface area contributed by atoms with Crippen LogP contribution in [0.1, 0.15) is 149 Å². The molecule has 7 aromatic carbocycles. The predicted molar refractivity (Wildman–Crippen MR) is 325 cm³/mol. The van der Waals surface area contributed by atoms with Crippen LogP contribution in [0.2, 0.25) is 0 Å². The lowest BCUT2D eigenvalue weighted by atomic mass is 9.34. The Morgan fingerprint density at radius 3 is 1.52 bits per heavy atom. The molecule has 9 aromatic rings. The lowest BCUT2D eigenvalue weighted by molar-refractivity contribution is -0.00514. The van der Waals surface area contributed by atoms with Crippen LogP contribution >= 0.6 is 11.3 Å². The van der Waals surface area contributed by atoms with Crippen LogP contribution in [0.15, 0.2) is 140 Å². The quantitative estimate of drug-likeness (QED) is 0.163. The molecule has 5 heteroatoms. The number of benzene rings is 7. The van der Waals surface area contributed by atoms with Crippen LogP contribution in [0.4, 0.5) is 34.1 Å². The number of hydrogen-bond acceptors (Lipinski definition) is 3. The molecule has 4 heterocycles. The van der Waals surface area contributed by atoms with E-state index in [1.54, 1.807) is 5.56 Å². The van der Waals surface area contributed by atoms with Crippen molar-refractivity contribution in [1.29, 1.82) is 0 Å². The number of thiophene rings is 1. The van der Waals surface area contributed by atoms with Crippen molar-refractivity contribution in [3.05, 3.63) is 167 Å². The number of fused-ring (bicyclic) bond motifs is 10. The maximum absolute atomic E-state index is 2.78. The van der Waals surface area contributed by atoms with E-state index in [-0.39, 0.29) is 33.8 Å². The number of nitrogens with zero attached hydrogens (tertiary/aromatic N) is 3. The van der Waals surface area contributed by atoms with Gasteiger partial charge in [0, 0.05) is 65.3 Å². The van der Waals surface area contributed by atoms with Gasteiger partial charge in [-0.25, -0.2) is 0 Å². The highest BCUT2D eigenvalue weighted by molar-refractivity contribution is 7.26. The molecule has 2 aromatic heterocycles. The zero-order chi connectivity index (χ0) is 51.9. The Kier molecular flexibility index (Phi) is 10.1. The fourth-order valence-electron chi connectivity index (χ4n) is 15.4. The highest BCUT2D eigenvalue weighted by Gasteiger charge is 2.54. The highest BCUT2D eigenvalue weighted by atomic mass is 32.1. The van der Waals surface area contributed by atoms with Crippen molar-refractivity contribution in [2.45, 2.75) is 149 Å². The molecule has 4 saturated carbocycles. The molecule has 0 spiro atoms. The van der Waals surface area contributed by atoms with E-state index in [2.05, 4.69) is 237 Å². The van der Waals surface area contributed by atoms with Crippen LogP contribution in [-0.2, 0) is 27.1 Å². The third-order valence-corrected chi connectivity index (χ3v) is 20.2. The summed E-state index contributed by atoms with van der Waals surface area (Å²) in [5.74, 6) is 2.47. The Morgan fingerprint density at radius 1 is 0.480 bits per heavy atom. The van der Waals surface area contributed by atoms with Gasteiger partial charge < -0.3 is 14.4 Å². The third kappa shape index (κ3) is 7.25. The SMILES string of the molecule is CC(C)(C)c1ccc(N2c3ccc(C(C)(C)C)cc3B3c4c2cc(C25CC6CC(CC(C6)C2)C5)cc4N(c2ccc(C(C)(C)C)cc2)c2c3n(-c3ccc(C(C)(C)C)cc3)c3ccc4c5ccccc5sc4c23)cc1. The van der Waals surface area contributed by atoms with Crippen LogP contribution in [0.25, 0.3) is 36.8 Å². The molecule has 4 fully saturated rings. The first kappa shape index (κ1) is 47.4. The van der Waals surface area contributed by atoms with Crippen LogP contribution in [-0.4, -0.2) is 11.3 Å². The van der Waals surface area contributed by atoms with E-state index in [1.165, 1.54) is 148 Å². The number of aromatic nitrogens is 1. The van der Waals surface area contributed by atoms with Gasteiger partial charge in [-0.1, -0.05) is 156 Å². The largest absolute Gasteiger partial charge is 0.319 e. The van der Waals surface area contributed by atoms with Crippen LogP contribution < -0.4 is 26.3 Å². The molecule has 15 rings (SSSR count). The first-order valence-electron chi connectivity index (χ1n) is 28.4. The summed E-state index contributed by atoms with van der Waals surface area (Å²) in [4.78, 5) is 5.49. The molecule has 2 aliphatic heterocycles. The number of hydrogen-bond donors (Lipinski definition) is 0. The van der Waals surface area contributed by atoms with E-state index in [1.807, 2.05) is 11.3 Å². The Balaban J connectivity index is 1.17. The van der Waals surface area contributed by atoms with Gasteiger partial charge in [-0.3, -0.25) is 0 Å². The molecule has 4 bridgehead atoms. The van der Waals surface area contributed by atoms with Gasteiger partial charge in [0.1, 0.15) is 0 Å². The van der Waals surface area contributed by atoms with Gasteiger partial charge >= 0.3 is 0 Å². The van der Waals surface area contributed by atoms with Crippen molar-refractivity contribution in [2.75, 3.05) is 9.80 Å². The average Bonchev–Trinajstić information content (AvgIpc) is 3.97. The molecule has 0 N–H and O–H groups in total. The molecule has 75 heavy (non-hydrogen) atoms. The average molecular weight is 1000 g/mol. The predicted octanol–water partition coefficient (Wildman–Crippen LogP) is 17.7. The van der Waals surface area contributed by atoms with Gasteiger partial charge in [0.25, 0.3) is 6.71 Å². The molecule has 0 radical (unpaired) electrons. The van der Waals surface area contributed by atoms with E-state index in [0.717, 1.165) is 17.8 Å². The van der Waals surface area contributed by atoms with Crippen LogP contribution in [0.5, 0.6) is 0 Å². The fraction of sp³-hybridized carbons (Fsp3) is 0.371. The molecule has 6 aliphatic rings. The summed E-state index contributed by atoms with van der Waals surface area (Å²) in [7, 11) is 0. The second-order valence-corrected chi connectivity index (χ2v) is 29.2. The van der Waals surface area contributed by atoms with Gasteiger partial charge in [-0.15, -0.1) is 11.3 Å². The van der Waals surface area contributed by atoms with Crippen molar-refractivity contribution >= 4 is 99.8 Å². The zero-order valence-electron chi connectivity index (χ0n) is 46.6. The monoisotopic (exact) mass is 1000 g/mol. The lowest BCUT2D eigenvalue weighted by Crippen LogP contribution is -2.63. The molecule has 0 saturated heterocycles. The number of anilines is 6. The van der Waals surface area contributed by atoms with Gasteiger partial charge in [0.15, 0.2) is 0 Å². The van der Waals surface area contributed by atoms with E-state index >= 15 is 0 Å². The van der Waals surface area contributed by atoms with E-state index in [9.17, 15) is 0 Å². The van der Waals surface area contributed by atoms with Crippen molar-refractivity contribution in [1.82, 2.24) is 4.57 Å². The second kappa shape index (κ2) is 16.0. The smallest absolute Gasteiger partial charge is 0.273 e. The summed E-state index contributed by atoms with van der Waals surface area (Å²) in [6, 6.07) is 56.1.